The van der Waals surface area contributed by atoms with Gasteiger partial charge < -0.3 is 5.11 Å². The van der Waals surface area contributed by atoms with Gasteiger partial charge in [0.2, 0.25) is 0 Å². The number of halogens is 1. The minimum atomic E-state index is -1.09. The van der Waals surface area contributed by atoms with Gasteiger partial charge in [-0.3, -0.25) is 9.67 Å². The molecule has 0 bridgehead atoms. The summed E-state index contributed by atoms with van der Waals surface area (Å²) >= 11 is 0. The van der Waals surface area contributed by atoms with Crippen molar-refractivity contribution in [3.63, 3.8) is 0 Å². The van der Waals surface area contributed by atoms with Gasteiger partial charge in [-0.2, -0.15) is 5.10 Å². The molecule has 1 N–H and O–H groups in total. The van der Waals surface area contributed by atoms with E-state index in [1.807, 2.05) is 0 Å². The van der Waals surface area contributed by atoms with Crippen LogP contribution < -0.4 is 0 Å². The molecule has 17 heavy (non-hydrogen) atoms. The van der Waals surface area contributed by atoms with E-state index in [-0.39, 0.29) is 12.1 Å². The molecule has 2 heterocycles. The Bertz CT molecular complexity index is 525. The van der Waals surface area contributed by atoms with Crippen LogP contribution in [0.5, 0.6) is 0 Å². The Hall–Kier alpha value is -2.24. The first kappa shape index (κ1) is 11.3. The zero-order valence-corrected chi connectivity index (χ0v) is 8.88. The van der Waals surface area contributed by atoms with E-state index in [1.54, 1.807) is 18.3 Å². The molecule has 0 spiro atoms. The first-order valence-corrected chi connectivity index (χ1v) is 4.99. The summed E-state index contributed by atoms with van der Waals surface area (Å²) in [6, 6.07) is 3.40. The van der Waals surface area contributed by atoms with Crippen molar-refractivity contribution < 1.29 is 14.3 Å². The molecule has 0 aliphatic carbocycles. The van der Waals surface area contributed by atoms with Crippen molar-refractivity contribution in [1.29, 1.82) is 0 Å². The Balaban J connectivity index is 2.48. The third-order valence-corrected chi connectivity index (χ3v) is 2.24. The number of hydrogen-bond acceptors (Lipinski definition) is 3. The van der Waals surface area contributed by atoms with E-state index in [1.165, 1.54) is 17.1 Å². The number of carboxylic acid groups (broad SMARTS) is 1. The SMILES string of the molecule is O=C(O)c1cn(CCF)nc1-c1cccnc1. The first-order valence-electron chi connectivity index (χ1n) is 4.99. The van der Waals surface area contributed by atoms with Gasteiger partial charge in [0.15, 0.2) is 0 Å². The van der Waals surface area contributed by atoms with Crippen LogP contribution in [0.15, 0.2) is 30.7 Å². The molecule has 0 atom stereocenters. The molecule has 2 aromatic heterocycles. The summed E-state index contributed by atoms with van der Waals surface area (Å²) in [4.78, 5) is 14.9. The van der Waals surface area contributed by atoms with Gasteiger partial charge in [-0.25, -0.2) is 9.18 Å². The Morgan fingerprint density at radius 2 is 2.35 bits per heavy atom. The van der Waals surface area contributed by atoms with Gasteiger partial charge in [-0.15, -0.1) is 0 Å². The van der Waals surface area contributed by atoms with E-state index in [9.17, 15) is 9.18 Å². The molecule has 2 rings (SSSR count). The lowest BCUT2D eigenvalue weighted by atomic mass is 10.1. The third-order valence-electron chi connectivity index (χ3n) is 2.24. The Morgan fingerprint density at radius 1 is 1.53 bits per heavy atom. The number of rotatable bonds is 4. The van der Waals surface area contributed by atoms with Crippen molar-refractivity contribution in [3.8, 4) is 11.3 Å². The summed E-state index contributed by atoms with van der Waals surface area (Å²) in [6.45, 7) is -0.548. The lowest BCUT2D eigenvalue weighted by molar-refractivity contribution is 0.0697. The van der Waals surface area contributed by atoms with Crippen molar-refractivity contribution >= 4 is 5.97 Å². The van der Waals surface area contributed by atoms with Crippen molar-refractivity contribution in [2.45, 2.75) is 6.54 Å². The van der Waals surface area contributed by atoms with Crippen LogP contribution >= 0.6 is 0 Å². The number of aromatic nitrogens is 3. The lowest BCUT2D eigenvalue weighted by Gasteiger charge is -1.97. The molecule has 0 saturated carbocycles. The van der Waals surface area contributed by atoms with Gasteiger partial charge in [-0.05, 0) is 12.1 Å². The maximum Gasteiger partial charge on any atom is 0.339 e. The molecule has 0 aromatic carbocycles. The fourth-order valence-electron chi connectivity index (χ4n) is 1.50. The van der Waals surface area contributed by atoms with Gasteiger partial charge in [0.25, 0.3) is 0 Å². The topological polar surface area (TPSA) is 68.0 Å². The van der Waals surface area contributed by atoms with Crippen molar-refractivity contribution in [2.24, 2.45) is 0 Å². The lowest BCUT2D eigenvalue weighted by Crippen LogP contribution is -1.99. The average Bonchev–Trinajstić information content (AvgIpc) is 2.75. The minimum absolute atomic E-state index is 0.0422. The van der Waals surface area contributed by atoms with Crippen molar-refractivity contribution in [3.05, 3.63) is 36.3 Å². The smallest absolute Gasteiger partial charge is 0.339 e. The van der Waals surface area contributed by atoms with Crippen LogP contribution in [-0.2, 0) is 6.54 Å². The number of carbonyl (C=O) groups is 1. The Kier molecular flexibility index (Phi) is 3.13. The molecule has 0 aliphatic heterocycles. The molecule has 88 valence electrons. The largest absolute Gasteiger partial charge is 0.478 e. The highest BCUT2D eigenvalue weighted by atomic mass is 19.1. The fraction of sp³-hybridized carbons (Fsp3) is 0.182. The van der Waals surface area contributed by atoms with Gasteiger partial charge >= 0.3 is 5.97 Å². The summed E-state index contributed by atoms with van der Waals surface area (Å²) in [6.07, 6.45) is 4.43. The van der Waals surface area contributed by atoms with Crippen molar-refractivity contribution in [2.75, 3.05) is 6.67 Å². The zero-order chi connectivity index (χ0) is 12.3. The summed E-state index contributed by atoms with van der Waals surface area (Å²) in [5.74, 6) is -1.09. The van der Waals surface area contributed by atoms with Crippen molar-refractivity contribution in [1.82, 2.24) is 14.8 Å². The van der Waals surface area contributed by atoms with Gasteiger partial charge in [0, 0.05) is 24.2 Å². The summed E-state index contributed by atoms with van der Waals surface area (Å²) in [7, 11) is 0. The molecule has 0 amide bonds. The van der Waals surface area contributed by atoms with E-state index >= 15 is 0 Å². The molecule has 5 nitrogen and oxygen atoms in total. The number of aromatic carboxylic acids is 1. The standard InChI is InChI=1S/C11H10FN3O2/c12-3-5-15-7-9(11(16)17)10(14-15)8-2-1-4-13-6-8/h1-2,4,6-7H,3,5H2,(H,16,17). The number of carboxylic acids is 1. The normalized spacial score (nSPS) is 10.4. The quantitative estimate of drug-likeness (QED) is 0.874. The molecule has 0 saturated heterocycles. The van der Waals surface area contributed by atoms with Crippen LogP contribution in [0.25, 0.3) is 11.3 Å². The number of nitrogens with zero attached hydrogens (tertiary/aromatic N) is 3. The maximum atomic E-state index is 12.2. The van der Waals surface area contributed by atoms with E-state index in [4.69, 9.17) is 5.11 Å². The molecule has 0 aliphatic rings. The summed E-state index contributed by atoms with van der Waals surface area (Å²) < 4.78 is 13.5. The first-order chi connectivity index (χ1) is 8.22. The summed E-state index contributed by atoms with van der Waals surface area (Å²) in [5.41, 5.74) is 0.952. The van der Waals surface area contributed by atoms with Crippen LogP contribution in [0.3, 0.4) is 0 Å². The minimum Gasteiger partial charge on any atom is -0.478 e. The van der Waals surface area contributed by atoms with Crippen LogP contribution in [0, 0.1) is 0 Å². The van der Waals surface area contributed by atoms with Crippen LogP contribution in [0.2, 0.25) is 0 Å². The van der Waals surface area contributed by atoms with Crippen LogP contribution in [-0.4, -0.2) is 32.5 Å². The number of alkyl halides is 1. The van der Waals surface area contributed by atoms with E-state index in [2.05, 4.69) is 10.1 Å². The molecule has 0 radical (unpaired) electrons. The highest BCUT2D eigenvalue weighted by molar-refractivity contribution is 5.94. The second kappa shape index (κ2) is 4.73. The fourth-order valence-corrected chi connectivity index (χ4v) is 1.50. The number of pyridine rings is 1. The van der Waals surface area contributed by atoms with Gasteiger partial charge in [0.1, 0.15) is 17.9 Å². The zero-order valence-electron chi connectivity index (χ0n) is 8.88. The maximum absolute atomic E-state index is 12.2. The molecule has 2 aromatic rings. The predicted octanol–water partition coefficient (Wildman–Crippen LogP) is 1.61. The monoisotopic (exact) mass is 235 g/mol. The second-order valence-electron chi connectivity index (χ2n) is 3.39. The van der Waals surface area contributed by atoms with Crippen LogP contribution in [0.1, 0.15) is 10.4 Å². The second-order valence-corrected chi connectivity index (χ2v) is 3.39. The predicted molar refractivity (Wildman–Crippen MR) is 58.4 cm³/mol. The van der Waals surface area contributed by atoms with Gasteiger partial charge in [-0.1, -0.05) is 0 Å². The molecule has 0 fully saturated rings. The average molecular weight is 235 g/mol. The number of aryl methyl sites for hydroxylation is 1. The van der Waals surface area contributed by atoms with E-state index in [0.29, 0.717) is 11.3 Å². The van der Waals surface area contributed by atoms with Gasteiger partial charge in [0.05, 0.1) is 6.54 Å². The molecule has 6 heteroatoms. The summed E-state index contributed by atoms with van der Waals surface area (Å²) in [5, 5.41) is 13.1. The van der Waals surface area contributed by atoms with Crippen LogP contribution in [0.4, 0.5) is 4.39 Å². The van der Waals surface area contributed by atoms with E-state index in [0.717, 1.165) is 0 Å². The molecule has 0 unspecified atom stereocenters. The molecular formula is C11H10FN3O2. The van der Waals surface area contributed by atoms with E-state index < -0.39 is 12.6 Å². The molecular weight excluding hydrogens is 225 g/mol. The Labute approximate surface area is 96.5 Å². The highest BCUT2D eigenvalue weighted by Gasteiger charge is 2.16. The third kappa shape index (κ3) is 2.30. The Morgan fingerprint density at radius 3 is 2.94 bits per heavy atom. The highest BCUT2D eigenvalue weighted by Crippen LogP contribution is 2.20. The number of hydrogen-bond donors (Lipinski definition) is 1.